The number of aromatic amines is 1. The Morgan fingerprint density at radius 2 is 1.59 bits per heavy atom. The van der Waals surface area contributed by atoms with Gasteiger partial charge in [0.25, 0.3) is 0 Å². The average Bonchev–Trinajstić information content (AvgIpc) is 3.26. The quantitative estimate of drug-likeness (QED) is 0.273. The summed E-state index contributed by atoms with van der Waals surface area (Å²) >= 11 is 5.97. The zero-order chi connectivity index (χ0) is 24.4. The van der Waals surface area contributed by atoms with Gasteiger partial charge in [0.2, 0.25) is 5.95 Å². The highest BCUT2D eigenvalue weighted by Gasteiger charge is 2.26. The molecule has 0 atom stereocenters. The predicted molar refractivity (Wildman–Crippen MR) is 125 cm³/mol. The first-order valence-corrected chi connectivity index (χ1v) is 10.3. The van der Waals surface area contributed by atoms with Crippen molar-refractivity contribution in [2.24, 2.45) is 0 Å². The zero-order valence-electron chi connectivity index (χ0n) is 18.0. The number of aromatic nitrogens is 2. The monoisotopic (exact) mass is 479 g/mol. The molecule has 0 radical (unpaired) electrons. The molecule has 3 N–H and O–H groups in total. The van der Waals surface area contributed by atoms with E-state index >= 15 is 0 Å². The number of hydrogen-bond donors (Lipinski definition) is 3. The van der Waals surface area contributed by atoms with E-state index in [1.165, 1.54) is 44.6 Å². The number of aromatic hydroxyl groups is 1. The second kappa shape index (κ2) is 9.24. The largest absolute Gasteiger partial charge is 0.507 e. The molecule has 0 saturated carbocycles. The molecule has 0 spiro atoms. The van der Waals surface area contributed by atoms with Crippen LogP contribution in [0.15, 0.2) is 54.6 Å². The third kappa shape index (κ3) is 4.28. The maximum atomic E-state index is 13.2. The first-order valence-electron chi connectivity index (χ1n) is 9.92. The molecule has 0 fully saturated rings. The Hall–Kier alpha value is -4.37. The second-order valence-corrected chi connectivity index (χ2v) is 7.58. The van der Waals surface area contributed by atoms with Crippen molar-refractivity contribution >= 4 is 52.0 Å². The number of carbonyl (C=O) groups excluding carboxylic acids is 3. The molecule has 3 aromatic carbocycles. The van der Waals surface area contributed by atoms with E-state index in [-0.39, 0.29) is 44.7 Å². The van der Waals surface area contributed by atoms with Crippen molar-refractivity contribution in [2.75, 3.05) is 19.5 Å². The number of fused-ring (bicyclic) bond motifs is 1. The summed E-state index contributed by atoms with van der Waals surface area (Å²) in [6.07, 6.45) is 0. The molecule has 0 aliphatic rings. The van der Waals surface area contributed by atoms with Crippen LogP contribution in [0.3, 0.4) is 0 Å². The summed E-state index contributed by atoms with van der Waals surface area (Å²) in [5.74, 6) is -2.34. The number of phenolic OH excluding ortho intramolecular Hbond substituents is 1. The smallest absolute Gasteiger partial charge is 0.340 e. The third-order valence-electron chi connectivity index (χ3n) is 5.05. The van der Waals surface area contributed by atoms with Gasteiger partial charge < -0.3 is 24.9 Å². The van der Waals surface area contributed by atoms with Crippen LogP contribution in [0.1, 0.15) is 36.6 Å². The number of para-hydroxylation sites is 2. The number of methoxy groups -OCH3 is 2. The lowest BCUT2D eigenvalue weighted by Gasteiger charge is -2.15. The van der Waals surface area contributed by atoms with Crippen molar-refractivity contribution < 1.29 is 29.0 Å². The van der Waals surface area contributed by atoms with Crippen molar-refractivity contribution in [3.05, 3.63) is 81.9 Å². The van der Waals surface area contributed by atoms with Crippen LogP contribution in [-0.2, 0) is 9.47 Å². The number of nitrogens with zero attached hydrogens (tertiary/aromatic N) is 1. The Balaban J connectivity index is 1.89. The Morgan fingerprint density at radius 1 is 0.941 bits per heavy atom. The van der Waals surface area contributed by atoms with Gasteiger partial charge in [0, 0.05) is 10.6 Å². The Morgan fingerprint density at radius 3 is 2.21 bits per heavy atom. The molecule has 1 aromatic heterocycles. The highest BCUT2D eigenvalue weighted by Crippen LogP contribution is 2.31. The van der Waals surface area contributed by atoms with Crippen molar-refractivity contribution in [3.63, 3.8) is 0 Å². The maximum Gasteiger partial charge on any atom is 0.340 e. The van der Waals surface area contributed by atoms with Gasteiger partial charge in [0.15, 0.2) is 5.78 Å². The fourth-order valence-corrected chi connectivity index (χ4v) is 3.60. The van der Waals surface area contributed by atoms with Gasteiger partial charge in [-0.25, -0.2) is 14.6 Å². The number of rotatable bonds is 6. The van der Waals surface area contributed by atoms with E-state index in [0.29, 0.717) is 5.52 Å². The normalized spacial score (nSPS) is 10.7. The predicted octanol–water partition coefficient (Wildman–Crippen LogP) is 4.47. The summed E-state index contributed by atoms with van der Waals surface area (Å²) in [5, 5.41) is 13.3. The minimum Gasteiger partial charge on any atom is -0.507 e. The summed E-state index contributed by atoms with van der Waals surface area (Å²) in [4.78, 5) is 46.0. The molecule has 34 heavy (non-hydrogen) atoms. The summed E-state index contributed by atoms with van der Waals surface area (Å²) in [5.41, 5.74) is 1.03. The van der Waals surface area contributed by atoms with Crippen molar-refractivity contribution in [3.8, 4) is 5.75 Å². The fraction of sp³-hybridized carbons (Fsp3) is 0.0833. The van der Waals surface area contributed by atoms with Gasteiger partial charge in [-0.05, 0) is 42.5 Å². The van der Waals surface area contributed by atoms with Gasteiger partial charge >= 0.3 is 11.9 Å². The van der Waals surface area contributed by atoms with Crippen LogP contribution >= 0.6 is 11.6 Å². The summed E-state index contributed by atoms with van der Waals surface area (Å²) in [6.45, 7) is 0. The summed E-state index contributed by atoms with van der Waals surface area (Å²) in [7, 11) is 2.34. The lowest BCUT2D eigenvalue weighted by molar-refractivity contribution is 0.0601. The van der Waals surface area contributed by atoms with Gasteiger partial charge in [-0.3, -0.25) is 4.79 Å². The van der Waals surface area contributed by atoms with Crippen LogP contribution in [-0.4, -0.2) is 47.0 Å². The Bertz CT molecular complexity index is 1380. The number of imidazole rings is 1. The van der Waals surface area contributed by atoms with E-state index in [2.05, 4.69) is 15.3 Å². The molecule has 0 bridgehead atoms. The minimum absolute atomic E-state index is 0.0321. The van der Waals surface area contributed by atoms with E-state index in [9.17, 15) is 19.5 Å². The lowest BCUT2D eigenvalue weighted by atomic mass is 9.96. The number of carbonyl (C=O) groups is 3. The number of H-pyrrole nitrogens is 1. The van der Waals surface area contributed by atoms with Crippen LogP contribution in [0, 0.1) is 0 Å². The first-order chi connectivity index (χ1) is 16.3. The molecule has 0 unspecified atom stereocenters. The molecule has 0 saturated heterocycles. The van der Waals surface area contributed by atoms with Gasteiger partial charge in [-0.2, -0.15) is 0 Å². The number of benzene rings is 3. The molecule has 4 aromatic rings. The highest BCUT2D eigenvalue weighted by atomic mass is 35.5. The number of hydrogen-bond acceptors (Lipinski definition) is 8. The van der Waals surface area contributed by atoms with E-state index in [1.54, 1.807) is 6.07 Å². The van der Waals surface area contributed by atoms with Gasteiger partial charge in [-0.15, -0.1) is 0 Å². The average molecular weight is 480 g/mol. The van der Waals surface area contributed by atoms with E-state index in [1.807, 2.05) is 18.2 Å². The molecule has 4 rings (SSSR count). The Kier molecular flexibility index (Phi) is 6.20. The van der Waals surface area contributed by atoms with E-state index < -0.39 is 17.7 Å². The lowest BCUT2D eigenvalue weighted by Crippen LogP contribution is -2.15. The molecular formula is C24H18ClN3O6. The number of phenols is 1. The van der Waals surface area contributed by atoms with E-state index in [4.69, 9.17) is 21.1 Å². The number of anilines is 2. The highest BCUT2D eigenvalue weighted by molar-refractivity contribution is 6.31. The first kappa shape index (κ1) is 22.8. The van der Waals surface area contributed by atoms with Crippen LogP contribution in [0.25, 0.3) is 11.0 Å². The molecule has 1 heterocycles. The zero-order valence-corrected chi connectivity index (χ0v) is 18.8. The van der Waals surface area contributed by atoms with Crippen molar-refractivity contribution in [1.29, 1.82) is 0 Å². The standard InChI is InChI=1S/C24H18ClN3O6/c1-33-22(31)15-9-12(21(30)14-11-13(25)7-8-19(14)29)10-16(23(32)34-2)20(15)28-24-26-17-5-3-4-6-18(17)27-24/h3-11,29H,1-2H3,(H2,26,27,28). The molecule has 10 heteroatoms. The molecule has 0 aliphatic heterocycles. The SMILES string of the molecule is COC(=O)c1cc(C(=O)c2cc(Cl)ccc2O)cc(C(=O)OC)c1Nc1nc2ccccc2[nH]1. The number of halogens is 1. The Labute approximate surface area is 198 Å². The summed E-state index contributed by atoms with van der Waals surface area (Å²) in [6, 6.07) is 13.7. The maximum absolute atomic E-state index is 13.2. The number of esters is 2. The molecule has 0 aliphatic carbocycles. The van der Waals surface area contributed by atoms with Crippen LogP contribution in [0.2, 0.25) is 5.02 Å². The fourth-order valence-electron chi connectivity index (χ4n) is 3.43. The van der Waals surface area contributed by atoms with Crippen molar-refractivity contribution in [1.82, 2.24) is 9.97 Å². The topological polar surface area (TPSA) is 131 Å². The number of nitrogens with one attached hydrogen (secondary N) is 2. The molecule has 172 valence electrons. The third-order valence-corrected chi connectivity index (χ3v) is 5.28. The number of ketones is 1. The number of ether oxygens (including phenoxy) is 2. The minimum atomic E-state index is -0.811. The van der Waals surface area contributed by atoms with Gasteiger partial charge in [-0.1, -0.05) is 23.7 Å². The van der Waals surface area contributed by atoms with Crippen LogP contribution < -0.4 is 5.32 Å². The molecular weight excluding hydrogens is 462 g/mol. The molecule has 0 amide bonds. The van der Waals surface area contributed by atoms with E-state index in [0.717, 1.165) is 5.52 Å². The molecule has 9 nitrogen and oxygen atoms in total. The van der Waals surface area contributed by atoms with Crippen LogP contribution in [0.4, 0.5) is 11.6 Å². The van der Waals surface area contributed by atoms with Crippen LogP contribution in [0.5, 0.6) is 5.75 Å². The second-order valence-electron chi connectivity index (χ2n) is 7.15. The van der Waals surface area contributed by atoms with Gasteiger partial charge in [0.1, 0.15) is 5.75 Å². The summed E-state index contributed by atoms with van der Waals surface area (Å²) < 4.78 is 9.76. The van der Waals surface area contributed by atoms with Gasteiger partial charge in [0.05, 0.1) is 47.6 Å². The van der Waals surface area contributed by atoms with Crippen molar-refractivity contribution in [2.45, 2.75) is 0 Å².